The predicted octanol–water partition coefficient (Wildman–Crippen LogP) is 9.45. The van der Waals surface area contributed by atoms with Gasteiger partial charge >= 0.3 is 19.8 Å². The molecule has 0 aromatic carbocycles. The molecule has 2 atom stereocenters. The number of esters is 2. The van der Waals surface area contributed by atoms with Crippen LogP contribution < -0.4 is 0 Å². The number of hydrogen-bond donors (Lipinski definition) is 1. The average molecular weight is 719 g/mol. The number of hydrogen-bond acceptors (Lipinski definition) is 7. The van der Waals surface area contributed by atoms with E-state index in [0.29, 0.717) is 30.3 Å². The van der Waals surface area contributed by atoms with E-state index in [0.717, 1.165) is 44.9 Å². The lowest BCUT2D eigenvalue weighted by Gasteiger charge is -2.24. The topological polar surface area (TPSA) is 108 Å². The zero-order valence-corrected chi connectivity index (χ0v) is 32.2. The Labute approximate surface area is 303 Å². The standard InChI is InChI=1S/C40H64NO8P/c1-6-8-10-12-14-16-18-20-22-24-26-28-30-32-39(42)46-36-38(37-48-50(44,45)47-35-34-41(3,4)5)49-40(43)33-31-29-27-25-23-21-19-17-15-13-11-9-7-2/h8-20,22,24,26,38H,6-7,21,23,25,27-37H2,1-5H3/p+1/b10-8+,11-9+,14-12+,15-13+,18-16+,19-17+,22-20+,26-24+. The number of quaternary nitrogens is 1. The van der Waals surface area contributed by atoms with Crippen LogP contribution in [0.15, 0.2) is 97.2 Å². The number of carbonyl (C=O) groups excluding carboxylic acids is 2. The van der Waals surface area contributed by atoms with Gasteiger partial charge in [-0.3, -0.25) is 18.6 Å². The number of phosphoric ester groups is 1. The molecule has 9 nitrogen and oxygen atoms in total. The van der Waals surface area contributed by atoms with E-state index in [2.05, 4.69) is 38.2 Å². The molecule has 0 rings (SSSR count). The molecule has 50 heavy (non-hydrogen) atoms. The minimum Gasteiger partial charge on any atom is -0.462 e. The fourth-order valence-corrected chi connectivity index (χ4v) is 4.72. The summed E-state index contributed by atoms with van der Waals surface area (Å²) in [6, 6.07) is 0. The van der Waals surface area contributed by atoms with E-state index in [1.807, 2.05) is 94.1 Å². The molecule has 282 valence electrons. The van der Waals surface area contributed by atoms with Crippen molar-refractivity contribution in [1.29, 1.82) is 0 Å². The number of allylic oxidation sites excluding steroid dienone is 16. The van der Waals surface area contributed by atoms with Gasteiger partial charge in [0.2, 0.25) is 0 Å². The van der Waals surface area contributed by atoms with Crippen molar-refractivity contribution in [3.05, 3.63) is 97.2 Å². The summed E-state index contributed by atoms with van der Waals surface area (Å²) in [5, 5.41) is 0. The molecule has 0 amide bonds. The molecule has 0 radical (unpaired) electrons. The highest BCUT2D eigenvalue weighted by Crippen LogP contribution is 2.43. The van der Waals surface area contributed by atoms with Crippen LogP contribution in [0, 0.1) is 0 Å². The van der Waals surface area contributed by atoms with Crippen LogP contribution in [0.1, 0.15) is 90.9 Å². The highest BCUT2D eigenvalue weighted by molar-refractivity contribution is 7.47. The van der Waals surface area contributed by atoms with Crippen LogP contribution >= 0.6 is 7.82 Å². The van der Waals surface area contributed by atoms with E-state index >= 15 is 0 Å². The first-order chi connectivity index (χ1) is 24.0. The summed E-state index contributed by atoms with van der Waals surface area (Å²) in [4.78, 5) is 35.1. The first-order valence-electron chi connectivity index (χ1n) is 18.1. The maximum Gasteiger partial charge on any atom is 0.472 e. The number of nitrogens with zero attached hydrogens (tertiary/aromatic N) is 1. The Morgan fingerprint density at radius 2 is 1.10 bits per heavy atom. The van der Waals surface area contributed by atoms with Crippen LogP contribution in [0.2, 0.25) is 0 Å². The number of unbranched alkanes of at least 4 members (excludes halogenated alkanes) is 6. The maximum atomic E-state index is 12.6. The molecular formula is C40H65NO8P+. The predicted molar refractivity (Wildman–Crippen MR) is 205 cm³/mol. The monoisotopic (exact) mass is 718 g/mol. The van der Waals surface area contributed by atoms with Gasteiger partial charge in [-0.05, 0) is 44.9 Å². The first-order valence-corrected chi connectivity index (χ1v) is 19.6. The van der Waals surface area contributed by atoms with E-state index in [1.54, 1.807) is 0 Å². The summed E-state index contributed by atoms with van der Waals surface area (Å²) in [5.74, 6) is -0.926. The van der Waals surface area contributed by atoms with Crippen molar-refractivity contribution in [2.75, 3.05) is 47.5 Å². The van der Waals surface area contributed by atoms with Crippen molar-refractivity contribution in [2.45, 2.75) is 97.0 Å². The average Bonchev–Trinajstić information content (AvgIpc) is 3.06. The van der Waals surface area contributed by atoms with Crippen molar-refractivity contribution in [1.82, 2.24) is 0 Å². The summed E-state index contributed by atoms with van der Waals surface area (Å²) < 4.78 is 34.0. The number of likely N-dealkylation sites (N-methyl/N-ethyl adjacent to an activating group) is 1. The van der Waals surface area contributed by atoms with Gasteiger partial charge in [0, 0.05) is 12.8 Å². The first kappa shape index (κ1) is 46.9. The minimum atomic E-state index is -4.39. The summed E-state index contributed by atoms with van der Waals surface area (Å²) in [7, 11) is 1.40. The van der Waals surface area contributed by atoms with Gasteiger partial charge in [0.25, 0.3) is 0 Å². The van der Waals surface area contributed by atoms with Crippen molar-refractivity contribution in [3.8, 4) is 0 Å². The van der Waals surface area contributed by atoms with Crippen molar-refractivity contribution in [3.63, 3.8) is 0 Å². The summed E-state index contributed by atoms with van der Waals surface area (Å²) in [5.41, 5.74) is 0. The molecule has 0 bridgehead atoms. The summed E-state index contributed by atoms with van der Waals surface area (Å²) in [6.45, 7) is 3.97. The highest BCUT2D eigenvalue weighted by Gasteiger charge is 2.27. The minimum absolute atomic E-state index is 0.00984. The van der Waals surface area contributed by atoms with Gasteiger partial charge in [-0.25, -0.2) is 4.57 Å². The van der Waals surface area contributed by atoms with Crippen molar-refractivity contribution in [2.24, 2.45) is 0 Å². The second-order valence-electron chi connectivity index (χ2n) is 12.7. The Hall–Kier alpha value is -3.07. The molecule has 0 fully saturated rings. The molecule has 0 saturated carbocycles. The van der Waals surface area contributed by atoms with Crippen molar-refractivity contribution >= 4 is 19.8 Å². The van der Waals surface area contributed by atoms with Gasteiger partial charge < -0.3 is 18.9 Å². The molecule has 0 aliphatic heterocycles. The number of phosphoric acid groups is 1. The highest BCUT2D eigenvalue weighted by atomic mass is 31.2. The Morgan fingerprint density at radius 1 is 0.620 bits per heavy atom. The van der Waals surface area contributed by atoms with Gasteiger partial charge in [-0.2, -0.15) is 0 Å². The third-order valence-electron chi connectivity index (χ3n) is 6.80. The van der Waals surface area contributed by atoms with E-state index in [9.17, 15) is 19.0 Å². The van der Waals surface area contributed by atoms with E-state index < -0.39 is 32.5 Å². The van der Waals surface area contributed by atoms with Crippen molar-refractivity contribution < 1.29 is 42.1 Å². The van der Waals surface area contributed by atoms with Gasteiger partial charge in [-0.1, -0.05) is 130 Å². The zero-order chi connectivity index (χ0) is 37.2. The smallest absolute Gasteiger partial charge is 0.462 e. The summed E-state index contributed by atoms with van der Waals surface area (Å²) >= 11 is 0. The van der Waals surface area contributed by atoms with E-state index in [4.69, 9.17) is 18.5 Å². The molecular weight excluding hydrogens is 653 g/mol. The quantitative estimate of drug-likeness (QED) is 0.0257. The van der Waals surface area contributed by atoms with Gasteiger partial charge in [0.15, 0.2) is 6.10 Å². The summed E-state index contributed by atoms with van der Waals surface area (Å²) in [6.07, 6.45) is 40.5. The maximum absolute atomic E-state index is 12.6. The third-order valence-corrected chi connectivity index (χ3v) is 7.78. The van der Waals surface area contributed by atoms with E-state index in [-0.39, 0.29) is 26.1 Å². The largest absolute Gasteiger partial charge is 0.472 e. The molecule has 0 saturated heterocycles. The van der Waals surface area contributed by atoms with Gasteiger partial charge in [-0.15, -0.1) is 0 Å². The van der Waals surface area contributed by atoms with Crippen LogP contribution in [0.25, 0.3) is 0 Å². The molecule has 2 unspecified atom stereocenters. The van der Waals surface area contributed by atoms with Crippen LogP contribution in [0.5, 0.6) is 0 Å². The van der Waals surface area contributed by atoms with Crippen LogP contribution in [0.4, 0.5) is 0 Å². The second kappa shape index (κ2) is 31.9. The molecule has 0 heterocycles. The third kappa shape index (κ3) is 34.8. The lowest BCUT2D eigenvalue weighted by molar-refractivity contribution is -0.870. The Bertz CT molecular complexity index is 1170. The fraction of sp³-hybridized carbons (Fsp3) is 0.550. The number of ether oxygens (including phenoxy) is 2. The van der Waals surface area contributed by atoms with Gasteiger partial charge in [0.05, 0.1) is 27.7 Å². The number of carbonyl (C=O) groups is 2. The Morgan fingerprint density at radius 3 is 1.66 bits per heavy atom. The molecule has 0 aliphatic rings. The molecule has 0 aromatic rings. The SMILES string of the molecule is CC/C=C/C=C/C=C/C=C/C=C/CCCC(=O)OCC(COP(=O)(O)OCC[N+](C)(C)C)OC(=O)CCCCCCC/C=C/C=C/C=C/CC. The Kier molecular flexibility index (Phi) is 29.9. The fourth-order valence-electron chi connectivity index (χ4n) is 3.98. The molecule has 1 N–H and O–H groups in total. The molecule has 10 heteroatoms. The number of rotatable bonds is 30. The lowest BCUT2D eigenvalue weighted by Crippen LogP contribution is -2.37. The lowest BCUT2D eigenvalue weighted by atomic mass is 10.1. The molecule has 0 aliphatic carbocycles. The van der Waals surface area contributed by atoms with E-state index in [1.165, 1.54) is 0 Å². The van der Waals surface area contributed by atoms with Gasteiger partial charge in [0.1, 0.15) is 19.8 Å². The molecule has 0 spiro atoms. The second-order valence-corrected chi connectivity index (χ2v) is 14.1. The van der Waals surface area contributed by atoms with Crippen LogP contribution in [-0.2, 0) is 32.7 Å². The zero-order valence-electron chi connectivity index (χ0n) is 31.3. The Balaban J connectivity index is 4.66. The van der Waals surface area contributed by atoms with Crippen LogP contribution in [-0.4, -0.2) is 74.9 Å². The molecule has 0 aromatic heterocycles. The normalized spacial score (nSPS) is 14.9. The van der Waals surface area contributed by atoms with Crippen LogP contribution in [0.3, 0.4) is 0 Å².